The highest BCUT2D eigenvalue weighted by Gasteiger charge is 2.22. The topological polar surface area (TPSA) is 110 Å². The molecule has 1 unspecified atom stereocenters. The first kappa shape index (κ1) is 15.4. The van der Waals surface area contributed by atoms with Crippen molar-refractivity contribution in [1.29, 1.82) is 0 Å². The molecule has 1 rings (SSSR count). The SMILES string of the molecule is CCCC(C)NS(=O)(=O)c1ccc(O)c([N+](=O)[O-])c1. The van der Waals surface area contributed by atoms with Gasteiger partial charge in [-0.05, 0) is 25.5 Å². The first-order valence-electron chi connectivity index (χ1n) is 5.77. The molecular weight excluding hydrogens is 272 g/mol. The molecule has 0 aromatic heterocycles. The van der Waals surface area contributed by atoms with Crippen molar-refractivity contribution in [2.75, 3.05) is 0 Å². The number of aromatic hydroxyl groups is 1. The lowest BCUT2D eigenvalue weighted by Crippen LogP contribution is -2.32. The summed E-state index contributed by atoms with van der Waals surface area (Å²) in [6, 6.07) is 2.71. The van der Waals surface area contributed by atoms with Crippen LogP contribution in [-0.2, 0) is 10.0 Å². The van der Waals surface area contributed by atoms with Crippen LogP contribution in [0.25, 0.3) is 0 Å². The molecule has 1 aromatic rings. The molecule has 0 heterocycles. The number of phenolic OH excluding ortho intramolecular Hbond substituents is 1. The van der Waals surface area contributed by atoms with E-state index in [1.54, 1.807) is 6.92 Å². The standard InChI is InChI=1S/C11H16N2O5S/c1-3-4-8(2)12-19(17,18)9-5-6-11(14)10(7-9)13(15)16/h5-8,12,14H,3-4H2,1-2H3. The number of benzene rings is 1. The Hall–Kier alpha value is -1.67. The molecule has 1 atom stereocenters. The van der Waals surface area contributed by atoms with Crippen molar-refractivity contribution in [1.82, 2.24) is 4.72 Å². The van der Waals surface area contributed by atoms with Gasteiger partial charge in [0.15, 0.2) is 5.75 Å². The molecule has 0 aliphatic rings. The molecule has 8 heteroatoms. The van der Waals surface area contributed by atoms with E-state index in [1.165, 1.54) is 0 Å². The van der Waals surface area contributed by atoms with E-state index >= 15 is 0 Å². The van der Waals surface area contributed by atoms with Crippen LogP contribution >= 0.6 is 0 Å². The largest absolute Gasteiger partial charge is 0.502 e. The van der Waals surface area contributed by atoms with Crippen molar-refractivity contribution in [3.8, 4) is 5.75 Å². The third-order valence-electron chi connectivity index (χ3n) is 2.53. The predicted molar refractivity (Wildman–Crippen MR) is 69.5 cm³/mol. The minimum Gasteiger partial charge on any atom is -0.502 e. The molecule has 0 aliphatic heterocycles. The first-order chi connectivity index (χ1) is 8.77. The van der Waals surface area contributed by atoms with Crippen molar-refractivity contribution in [3.05, 3.63) is 28.3 Å². The Labute approximate surface area is 111 Å². The Morgan fingerprint density at radius 2 is 2.11 bits per heavy atom. The Kier molecular flexibility index (Phi) is 4.84. The third kappa shape index (κ3) is 3.90. The lowest BCUT2D eigenvalue weighted by atomic mass is 10.2. The normalized spacial score (nSPS) is 13.2. The van der Waals surface area contributed by atoms with Gasteiger partial charge in [0.2, 0.25) is 10.0 Å². The van der Waals surface area contributed by atoms with E-state index < -0.39 is 26.4 Å². The molecule has 0 saturated heterocycles. The number of nitro groups is 1. The molecule has 1 aromatic carbocycles. The van der Waals surface area contributed by atoms with Gasteiger partial charge in [0.25, 0.3) is 0 Å². The molecule has 0 amide bonds. The smallest absolute Gasteiger partial charge is 0.312 e. The zero-order chi connectivity index (χ0) is 14.6. The minimum absolute atomic E-state index is 0.236. The van der Waals surface area contributed by atoms with Gasteiger partial charge in [-0.1, -0.05) is 13.3 Å². The highest BCUT2D eigenvalue weighted by molar-refractivity contribution is 7.89. The number of hydrogen-bond acceptors (Lipinski definition) is 5. The highest BCUT2D eigenvalue weighted by atomic mass is 32.2. The molecule has 0 saturated carbocycles. The fourth-order valence-corrected chi connectivity index (χ4v) is 2.94. The average Bonchev–Trinajstić information content (AvgIpc) is 2.28. The lowest BCUT2D eigenvalue weighted by molar-refractivity contribution is -0.386. The Morgan fingerprint density at radius 3 is 2.63 bits per heavy atom. The number of phenols is 1. The number of sulfonamides is 1. The summed E-state index contributed by atoms with van der Waals surface area (Å²) < 4.78 is 26.4. The van der Waals surface area contributed by atoms with Crippen molar-refractivity contribution in [3.63, 3.8) is 0 Å². The van der Waals surface area contributed by atoms with E-state index in [0.29, 0.717) is 6.42 Å². The molecule has 0 radical (unpaired) electrons. The fourth-order valence-electron chi connectivity index (χ4n) is 1.64. The van der Waals surface area contributed by atoms with Crippen LogP contribution in [0.2, 0.25) is 0 Å². The summed E-state index contributed by atoms with van der Waals surface area (Å²) in [6.07, 6.45) is 1.48. The first-order valence-corrected chi connectivity index (χ1v) is 7.26. The number of nitrogens with zero attached hydrogens (tertiary/aromatic N) is 1. The zero-order valence-corrected chi connectivity index (χ0v) is 11.5. The van der Waals surface area contributed by atoms with Crippen LogP contribution in [0.1, 0.15) is 26.7 Å². The summed E-state index contributed by atoms with van der Waals surface area (Å²) in [5.74, 6) is -0.564. The third-order valence-corrected chi connectivity index (χ3v) is 4.12. The fraction of sp³-hybridized carbons (Fsp3) is 0.455. The van der Waals surface area contributed by atoms with Crippen LogP contribution in [0.15, 0.2) is 23.1 Å². The second-order valence-corrected chi connectivity index (χ2v) is 5.93. The monoisotopic (exact) mass is 288 g/mol. The Morgan fingerprint density at radius 1 is 1.47 bits per heavy atom. The Bertz CT molecular complexity index is 570. The maximum absolute atomic E-state index is 12.0. The highest BCUT2D eigenvalue weighted by Crippen LogP contribution is 2.28. The second-order valence-electron chi connectivity index (χ2n) is 4.22. The summed E-state index contributed by atoms with van der Waals surface area (Å²) in [4.78, 5) is 9.59. The van der Waals surface area contributed by atoms with E-state index in [-0.39, 0.29) is 10.9 Å². The molecule has 0 fully saturated rings. The van der Waals surface area contributed by atoms with E-state index in [0.717, 1.165) is 24.6 Å². The average molecular weight is 288 g/mol. The predicted octanol–water partition coefficient (Wildman–Crippen LogP) is 1.77. The number of hydrogen-bond donors (Lipinski definition) is 2. The van der Waals surface area contributed by atoms with Crippen molar-refractivity contribution in [2.24, 2.45) is 0 Å². The van der Waals surface area contributed by atoms with Gasteiger partial charge in [0.1, 0.15) is 0 Å². The van der Waals surface area contributed by atoms with E-state index in [2.05, 4.69) is 4.72 Å². The number of rotatable bonds is 6. The molecular formula is C11H16N2O5S. The van der Waals surface area contributed by atoms with Gasteiger partial charge in [-0.3, -0.25) is 10.1 Å². The van der Waals surface area contributed by atoms with E-state index in [4.69, 9.17) is 0 Å². The molecule has 19 heavy (non-hydrogen) atoms. The van der Waals surface area contributed by atoms with Gasteiger partial charge in [-0.25, -0.2) is 13.1 Å². The lowest BCUT2D eigenvalue weighted by Gasteiger charge is -2.13. The van der Waals surface area contributed by atoms with Gasteiger partial charge in [-0.2, -0.15) is 0 Å². The van der Waals surface area contributed by atoms with Crippen LogP contribution in [0.5, 0.6) is 5.75 Å². The molecule has 0 bridgehead atoms. The molecule has 0 aliphatic carbocycles. The van der Waals surface area contributed by atoms with E-state index in [9.17, 15) is 23.6 Å². The van der Waals surface area contributed by atoms with Crippen LogP contribution in [0.4, 0.5) is 5.69 Å². The molecule has 2 N–H and O–H groups in total. The van der Waals surface area contributed by atoms with Crippen molar-refractivity contribution >= 4 is 15.7 Å². The van der Waals surface area contributed by atoms with Crippen molar-refractivity contribution < 1.29 is 18.4 Å². The van der Waals surface area contributed by atoms with Gasteiger partial charge in [0.05, 0.1) is 9.82 Å². The minimum atomic E-state index is -3.82. The summed E-state index contributed by atoms with van der Waals surface area (Å²) >= 11 is 0. The molecule has 106 valence electrons. The number of nitro benzene ring substituents is 1. The summed E-state index contributed by atoms with van der Waals surface area (Å²) in [5, 5.41) is 19.9. The molecule has 0 spiro atoms. The second kappa shape index (κ2) is 5.98. The van der Waals surface area contributed by atoms with E-state index in [1.807, 2.05) is 6.92 Å². The van der Waals surface area contributed by atoms with Crippen LogP contribution < -0.4 is 4.72 Å². The van der Waals surface area contributed by atoms with Gasteiger partial charge in [-0.15, -0.1) is 0 Å². The van der Waals surface area contributed by atoms with Gasteiger partial charge >= 0.3 is 5.69 Å². The Balaban J connectivity index is 3.08. The number of nitrogens with one attached hydrogen (secondary N) is 1. The van der Waals surface area contributed by atoms with Crippen molar-refractivity contribution in [2.45, 2.75) is 37.6 Å². The summed E-state index contributed by atoms with van der Waals surface area (Å²) in [7, 11) is -3.82. The van der Waals surface area contributed by atoms with Gasteiger partial charge < -0.3 is 5.11 Å². The summed E-state index contributed by atoms with van der Waals surface area (Å²) in [5.41, 5.74) is -0.633. The van der Waals surface area contributed by atoms with Crippen LogP contribution in [-0.4, -0.2) is 24.5 Å². The molecule has 7 nitrogen and oxygen atoms in total. The summed E-state index contributed by atoms with van der Waals surface area (Å²) in [6.45, 7) is 3.64. The maximum Gasteiger partial charge on any atom is 0.312 e. The quantitative estimate of drug-likeness (QED) is 0.612. The van der Waals surface area contributed by atoms with Gasteiger partial charge in [0, 0.05) is 12.1 Å². The zero-order valence-electron chi connectivity index (χ0n) is 10.7. The van der Waals surface area contributed by atoms with Crippen LogP contribution in [0, 0.1) is 10.1 Å². The maximum atomic E-state index is 12.0. The van der Waals surface area contributed by atoms with Crippen LogP contribution in [0.3, 0.4) is 0 Å².